The number of unbranched alkanes of at least 4 members (excludes halogenated alkanes) is 1. The van der Waals surface area contributed by atoms with Crippen LogP contribution in [-0.4, -0.2) is 35.7 Å². The Labute approximate surface area is 164 Å². The van der Waals surface area contributed by atoms with Gasteiger partial charge in [0.25, 0.3) is 5.69 Å². The van der Waals surface area contributed by atoms with Crippen LogP contribution in [0.4, 0.5) is 5.69 Å². The molecule has 0 saturated heterocycles. The minimum Gasteiger partial charge on any atom is -0.493 e. The van der Waals surface area contributed by atoms with Crippen molar-refractivity contribution >= 4 is 17.9 Å². The number of rotatable bonds is 10. The van der Waals surface area contributed by atoms with Gasteiger partial charge in [-0.25, -0.2) is 0 Å². The number of hydrogen-bond donors (Lipinski definition) is 0. The lowest BCUT2D eigenvalue weighted by Crippen LogP contribution is -2.25. The standard InChI is InChI=1S/C21H24N2O5/c1-16-12-18(13-20(23(26)27)19(16)15-24)28-11-7-6-10-21(25)22(2)14-17-8-4-3-5-9-17/h3-5,8-9,12-13,15H,6-7,10-11,14H2,1-2H3. The highest BCUT2D eigenvalue weighted by atomic mass is 16.6. The zero-order valence-electron chi connectivity index (χ0n) is 16.1. The molecule has 0 saturated carbocycles. The first-order valence-electron chi connectivity index (χ1n) is 9.07. The van der Waals surface area contributed by atoms with Crippen molar-refractivity contribution in [1.29, 1.82) is 0 Å². The third-order valence-electron chi connectivity index (χ3n) is 4.40. The second-order valence-corrected chi connectivity index (χ2v) is 6.59. The van der Waals surface area contributed by atoms with E-state index in [0.717, 1.165) is 5.56 Å². The molecule has 0 unspecified atom stereocenters. The molecule has 7 heteroatoms. The van der Waals surface area contributed by atoms with Crippen LogP contribution in [0.1, 0.15) is 40.7 Å². The number of benzene rings is 2. The summed E-state index contributed by atoms with van der Waals surface area (Å²) in [5.74, 6) is 0.410. The van der Waals surface area contributed by atoms with Crippen molar-refractivity contribution in [3.63, 3.8) is 0 Å². The molecule has 148 valence electrons. The summed E-state index contributed by atoms with van der Waals surface area (Å²) in [4.78, 5) is 35.4. The Morgan fingerprint density at radius 1 is 1.21 bits per heavy atom. The first-order valence-corrected chi connectivity index (χ1v) is 9.07. The molecule has 0 fully saturated rings. The molecule has 28 heavy (non-hydrogen) atoms. The fourth-order valence-electron chi connectivity index (χ4n) is 2.84. The van der Waals surface area contributed by atoms with Gasteiger partial charge in [0.05, 0.1) is 23.2 Å². The van der Waals surface area contributed by atoms with E-state index in [4.69, 9.17) is 4.74 Å². The third kappa shape index (κ3) is 5.90. The van der Waals surface area contributed by atoms with Gasteiger partial charge in [0.2, 0.25) is 5.91 Å². The van der Waals surface area contributed by atoms with E-state index < -0.39 is 4.92 Å². The number of nitro benzene ring substituents is 1. The number of nitrogens with zero attached hydrogens (tertiary/aromatic N) is 2. The average molecular weight is 384 g/mol. The second-order valence-electron chi connectivity index (χ2n) is 6.59. The molecule has 2 aromatic rings. The van der Waals surface area contributed by atoms with Gasteiger partial charge in [0.15, 0.2) is 6.29 Å². The van der Waals surface area contributed by atoms with E-state index in [9.17, 15) is 19.7 Å². The van der Waals surface area contributed by atoms with E-state index in [1.54, 1.807) is 24.9 Å². The van der Waals surface area contributed by atoms with Crippen molar-refractivity contribution in [2.75, 3.05) is 13.7 Å². The molecule has 0 radical (unpaired) electrons. The molecule has 7 nitrogen and oxygen atoms in total. The Kier molecular flexibility index (Phi) is 7.68. The van der Waals surface area contributed by atoms with Crippen LogP contribution in [0, 0.1) is 17.0 Å². The molecule has 0 heterocycles. The zero-order valence-corrected chi connectivity index (χ0v) is 16.1. The molecule has 2 aromatic carbocycles. The number of ether oxygens (including phenoxy) is 1. The summed E-state index contributed by atoms with van der Waals surface area (Å²) >= 11 is 0. The van der Waals surface area contributed by atoms with Gasteiger partial charge in [0.1, 0.15) is 5.75 Å². The zero-order chi connectivity index (χ0) is 20.5. The molecule has 0 aromatic heterocycles. The predicted molar refractivity (Wildman–Crippen MR) is 105 cm³/mol. The Morgan fingerprint density at radius 2 is 1.93 bits per heavy atom. The van der Waals surface area contributed by atoms with Crippen LogP contribution in [0.15, 0.2) is 42.5 Å². The van der Waals surface area contributed by atoms with Gasteiger partial charge >= 0.3 is 0 Å². The lowest BCUT2D eigenvalue weighted by atomic mass is 10.1. The smallest absolute Gasteiger partial charge is 0.283 e. The minimum atomic E-state index is -0.592. The van der Waals surface area contributed by atoms with Crippen LogP contribution >= 0.6 is 0 Å². The van der Waals surface area contributed by atoms with Crippen molar-refractivity contribution in [2.45, 2.75) is 32.7 Å². The fourth-order valence-corrected chi connectivity index (χ4v) is 2.84. The van der Waals surface area contributed by atoms with Crippen molar-refractivity contribution in [2.24, 2.45) is 0 Å². The number of aryl methyl sites for hydroxylation is 1. The van der Waals surface area contributed by atoms with Crippen LogP contribution in [0.25, 0.3) is 0 Å². The molecule has 0 spiro atoms. The largest absolute Gasteiger partial charge is 0.493 e. The molecule has 0 aliphatic carbocycles. The highest BCUT2D eigenvalue weighted by Gasteiger charge is 2.18. The number of nitro groups is 1. The van der Waals surface area contributed by atoms with Gasteiger partial charge < -0.3 is 9.64 Å². The summed E-state index contributed by atoms with van der Waals surface area (Å²) in [5.41, 5.74) is 1.38. The van der Waals surface area contributed by atoms with Gasteiger partial charge in [-0.05, 0) is 37.0 Å². The highest BCUT2D eigenvalue weighted by molar-refractivity contribution is 5.84. The first kappa shape index (κ1) is 21.1. The Bertz CT molecular complexity index is 836. The monoisotopic (exact) mass is 384 g/mol. The number of aldehydes is 1. The van der Waals surface area contributed by atoms with E-state index in [2.05, 4.69) is 0 Å². The molecule has 0 aliphatic rings. The first-order chi connectivity index (χ1) is 13.4. The lowest BCUT2D eigenvalue weighted by Gasteiger charge is -2.17. The SMILES string of the molecule is Cc1cc(OCCCCC(=O)N(C)Cc2ccccc2)cc([N+](=O)[O-])c1C=O. The molecular formula is C21H24N2O5. The van der Waals surface area contributed by atoms with E-state index >= 15 is 0 Å². The summed E-state index contributed by atoms with van der Waals surface area (Å²) < 4.78 is 5.57. The molecule has 0 N–H and O–H groups in total. The molecule has 2 rings (SSSR count). The number of carbonyl (C=O) groups is 2. The van der Waals surface area contributed by atoms with Gasteiger partial charge in [-0.15, -0.1) is 0 Å². The molecule has 1 amide bonds. The van der Waals surface area contributed by atoms with E-state index in [1.807, 2.05) is 30.3 Å². The van der Waals surface area contributed by atoms with Crippen molar-refractivity contribution < 1.29 is 19.2 Å². The van der Waals surface area contributed by atoms with Crippen LogP contribution in [-0.2, 0) is 11.3 Å². The van der Waals surface area contributed by atoms with Crippen molar-refractivity contribution in [3.8, 4) is 5.75 Å². The fraction of sp³-hybridized carbons (Fsp3) is 0.333. The van der Waals surface area contributed by atoms with Gasteiger partial charge in [-0.1, -0.05) is 30.3 Å². The van der Waals surface area contributed by atoms with Gasteiger partial charge in [-0.2, -0.15) is 0 Å². The lowest BCUT2D eigenvalue weighted by molar-refractivity contribution is -0.385. The van der Waals surface area contributed by atoms with Crippen LogP contribution < -0.4 is 4.74 Å². The number of carbonyl (C=O) groups excluding carboxylic acids is 2. The molecular weight excluding hydrogens is 360 g/mol. The van der Waals surface area contributed by atoms with Crippen molar-refractivity contribution in [1.82, 2.24) is 4.90 Å². The Hall–Kier alpha value is -3.22. The average Bonchev–Trinajstić information content (AvgIpc) is 2.67. The predicted octanol–water partition coefficient (Wildman–Crippen LogP) is 3.92. The topological polar surface area (TPSA) is 89.8 Å². The summed E-state index contributed by atoms with van der Waals surface area (Å²) in [6.45, 7) is 2.54. The number of hydrogen-bond acceptors (Lipinski definition) is 5. The van der Waals surface area contributed by atoms with E-state index in [-0.39, 0.29) is 17.2 Å². The summed E-state index contributed by atoms with van der Waals surface area (Å²) in [6.07, 6.45) is 2.20. The Morgan fingerprint density at radius 3 is 2.57 bits per heavy atom. The Balaban J connectivity index is 1.77. The maximum absolute atomic E-state index is 12.2. The van der Waals surface area contributed by atoms with Gasteiger partial charge in [0, 0.05) is 20.0 Å². The van der Waals surface area contributed by atoms with Crippen LogP contribution in [0.5, 0.6) is 5.75 Å². The molecule has 0 aliphatic heterocycles. The summed E-state index contributed by atoms with van der Waals surface area (Å²) in [5, 5.41) is 11.1. The maximum atomic E-state index is 12.2. The maximum Gasteiger partial charge on any atom is 0.283 e. The highest BCUT2D eigenvalue weighted by Crippen LogP contribution is 2.27. The summed E-state index contributed by atoms with van der Waals surface area (Å²) in [6, 6.07) is 12.7. The van der Waals surface area contributed by atoms with E-state index in [0.29, 0.717) is 50.0 Å². The number of amides is 1. The van der Waals surface area contributed by atoms with E-state index in [1.165, 1.54) is 6.07 Å². The second kappa shape index (κ2) is 10.2. The minimum absolute atomic E-state index is 0.0596. The quantitative estimate of drug-likeness (QED) is 0.268. The third-order valence-corrected chi connectivity index (χ3v) is 4.40. The molecule has 0 atom stereocenters. The van der Waals surface area contributed by atoms with Crippen LogP contribution in [0.2, 0.25) is 0 Å². The molecule has 0 bridgehead atoms. The van der Waals surface area contributed by atoms with Crippen molar-refractivity contribution in [3.05, 3.63) is 69.3 Å². The van der Waals surface area contributed by atoms with Crippen LogP contribution in [0.3, 0.4) is 0 Å². The summed E-state index contributed by atoms with van der Waals surface area (Å²) in [7, 11) is 1.78. The van der Waals surface area contributed by atoms with Gasteiger partial charge in [-0.3, -0.25) is 19.7 Å². The normalized spacial score (nSPS) is 10.4.